The first-order chi connectivity index (χ1) is 7.75. The van der Waals surface area contributed by atoms with Gasteiger partial charge in [0.1, 0.15) is 0 Å². The van der Waals surface area contributed by atoms with Gasteiger partial charge in [0.2, 0.25) is 5.88 Å². The van der Waals surface area contributed by atoms with Crippen LogP contribution >= 0.6 is 0 Å². The summed E-state index contributed by atoms with van der Waals surface area (Å²) >= 11 is 0. The maximum absolute atomic E-state index is 11.6. The Balaban J connectivity index is 2.17. The van der Waals surface area contributed by atoms with Gasteiger partial charge in [-0.2, -0.15) is 0 Å². The zero-order valence-electron chi connectivity index (χ0n) is 8.34. The van der Waals surface area contributed by atoms with Gasteiger partial charge in [0, 0.05) is 18.3 Å². The SMILES string of the molecule is O=C(Oc1cc(=O)cc[nH]1)c1ccccc1. The van der Waals surface area contributed by atoms with E-state index in [4.69, 9.17) is 4.74 Å². The lowest BCUT2D eigenvalue weighted by atomic mass is 10.2. The number of ether oxygens (including phenoxy) is 1. The third kappa shape index (κ3) is 2.36. The van der Waals surface area contributed by atoms with Gasteiger partial charge in [-0.25, -0.2) is 4.79 Å². The summed E-state index contributed by atoms with van der Waals surface area (Å²) in [7, 11) is 0. The fraction of sp³-hybridized carbons (Fsp3) is 0. The third-order valence-corrected chi connectivity index (χ3v) is 1.96. The molecule has 0 bridgehead atoms. The van der Waals surface area contributed by atoms with E-state index in [0.717, 1.165) is 0 Å². The summed E-state index contributed by atoms with van der Waals surface area (Å²) in [4.78, 5) is 25.2. The summed E-state index contributed by atoms with van der Waals surface area (Å²) in [5.41, 5.74) is 0.224. The molecule has 4 nitrogen and oxygen atoms in total. The van der Waals surface area contributed by atoms with Gasteiger partial charge in [0.05, 0.1) is 5.56 Å². The van der Waals surface area contributed by atoms with E-state index >= 15 is 0 Å². The number of aromatic amines is 1. The average Bonchev–Trinajstić information content (AvgIpc) is 2.30. The van der Waals surface area contributed by atoms with Crippen molar-refractivity contribution in [3.05, 3.63) is 64.4 Å². The van der Waals surface area contributed by atoms with Crippen LogP contribution < -0.4 is 10.2 Å². The smallest absolute Gasteiger partial charge is 0.344 e. The number of aromatic nitrogens is 1. The van der Waals surface area contributed by atoms with Crippen LogP contribution in [-0.4, -0.2) is 11.0 Å². The van der Waals surface area contributed by atoms with Crippen molar-refractivity contribution in [2.45, 2.75) is 0 Å². The summed E-state index contributed by atoms with van der Waals surface area (Å²) in [6.45, 7) is 0. The van der Waals surface area contributed by atoms with Crippen LogP contribution in [0.25, 0.3) is 0 Å². The largest absolute Gasteiger partial charge is 0.406 e. The molecule has 0 aliphatic heterocycles. The molecule has 1 aromatic heterocycles. The summed E-state index contributed by atoms with van der Waals surface area (Å²) in [6.07, 6.45) is 1.43. The average molecular weight is 215 g/mol. The molecule has 2 aromatic rings. The first-order valence-corrected chi connectivity index (χ1v) is 4.72. The van der Waals surface area contributed by atoms with Crippen LogP contribution in [0, 0.1) is 0 Å². The molecule has 4 heteroatoms. The maximum atomic E-state index is 11.6. The highest BCUT2D eigenvalue weighted by molar-refractivity contribution is 5.90. The molecule has 80 valence electrons. The standard InChI is InChI=1S/C12H9NO3/c14-10-6-7-13-11(8-10)16-12(15)9-4-2-1-3-5-9/h1-8H,(H,13,14). The molecule has 0 atom stereocenters. The van der Waals surface area contributed by atoms with Crippen molar-refractivity contribution in [2.75, 3.05) is 0 Å². The lowest BCUT2D eigenvalue weighted by Crippen LogP contribution is -2.10. The Bertz CT molecular complexity index is 545. The van der Waals surface area contributed by atoms with Gasteiger partial charge in [-0.15, -0.1) is 0 Å². The highest BCUT2D eigenvalue weighted by atomic mass is 16.5. The van der Waals surface area contributed by atoms with E-state index in [1.807, 2.05) is 0 Å². The molecule has 0 fully saturated rings. The van der Waals surface area contributed by atoms with Crippen molar-refractivity contribution in [2.24, 2.45) is 0 Å². The first kappa shape index (κ1) is 10.2. The van der Waals surface area contributed by atoms with Crippen LogP contribution in [0.5, 0.6) is 5.88 Å². The van der Waals surface area contributed by atoms with Gasteiger partial charge in [-0.1, -0.05) is 18.2 Å². The quantitative estimate of drug-likeness (QED) is 0.774. The van der Waals surface area contributed by atoms with Crippen LogP contribution in [0.4, 0.5) is 0 Å². The Kier molecular flexibility index (Phi) is 2.82. The van der Waals surface area contributed by atoms with Gasteiger partial charge < -0.3 is 9.72 Å². The van der Waals surface area contributed by atoms with E-state index in [-0.39, 0.29) is 11.3 Å². The second-order valence-corrected chi connectivity index (χ2v) is 3.14. The van der Waals surface area contributed by atoms with E-state index in [0.29, 0.717) is 5.56 Å². The van der Waals surface area contributed by atoms with Crippen LogP contribution in [0.1, 0.15) is 10.4 Å². The maximum Gasteiger partial charge on any atom is 0.344 e. The van der Waals surface area contributed by atoms with Crippen molar-refractivity contribution in [1.82, 2.24) is 4.98 Å². The molecule has 16 heavy (non-hydrogen) atoms. The fourth-order valence-electron chi connectivity index (χ4n) is 1.22. The van der Waals surface area contributed by atoms with E-state index in [9.17, 15) is 9.59 Å². The van der Waals surface area contributed by atoms with Crippen LogP contribution in [0.2, 0.25) is 0 Å². The summed E-state index contributed by atoms with van der Waals surface area (Å²) in [6, 6.07) is 11.1. The number of hydrogen-bond donors (Lipinski definition) is 1. The molecule has 0 saturated carbocycles. The van der Waals surface area contributed by atoms with E-state index in [1.165, 1.54) is 18.3 Å². The first-order valence-electron chi connectivity index (χ1n) is 4.72. The predicted molar refractivity (Wildman–Crippen MR) is 58.5 cm³/mol. The Morgan fingerprint density at radius 3 is 2.56 bits per heavy atom. The van der Waals surface area contributed by atoms with Gasteiger partial charge in [-0.05, 0) is 12.1 Å². The fourth-order valence-corrected chi connectivity index (χ4v) is 1.22. The Morgan fingerprint density at radius 2 is 1.88 bits per heavy atom. The number of benzene rings is 1. The van der Waals surface area contributed by atoms with Crippen LogP contribution in [0.3, 0.4) is 0 Å². The molecule has 0 unspecified atom stereocenters. The molecule has 0 amide bonds. The normalized spacial score (nSPS) is 9.75. The number of carbonyl (C=O) groups is 1. The van der Waals surface area contributed by atoms with Crippen LogP contribution in [-0.2, 0) is 0 Å². The van der Waals surface area contributed by atoms with Crippen LogP contribution in [0.15, 0.2) is 53.5 Å². The highest BCUT2D eigenvalue weighted by Crippen LogP contribution is 2.06. The predicted octanol–water partition coefficient (Wildman–Crippen LogP) is 1.59. The minimum absolute atomic E-state index is 0.140. The molecule has 0 saturated heterocycles. The molecule has 1 N–H and O–H groups in total. The van der Waals surface area contributed by atoms with Gasteiger partial charge in [0.25, 0.3) is 0 Å². The van der Waals surface area contributed by atoms with E-state index in [2.05, 4.69) is 4.98 Å². The Hall–Kier alpha value is -2.36. The van der Waals surface area contributed by atoms with Gasteiger partial charge in [-0.3, -0.25) is 4.79 Å². The number of nitrogens with one attached hydrogen (secondary N) is 1. The Morgan fingerprint density at radius 1 is 1.12 bits per heavy atom. The lowest BCUT2D eigenvalue weighted by Gasteiger charge is -2.02. The molecule has 0 spiro atoms. The second kappa shape index (κ2) is 4.44. The minimum Gasteiger partial charge on any atom is -0.406 e. The third-order valence-electron chi connectivity index (χ3n) is 1.96. The number of rotatable bonds is 2. The van der Waals surface area contributed by atoms with Crippen molar-refractivity contribution in [3.63, 3.8) is 0 Å². The topological polar surface area (TPSA) is 59.2 Å². The van der Waals surface area contributed by atoms with Crippen molar-refractivity contribution >= 4 is 5.97 Å². The zero-order valence-corrected chi connectivity index (χ0v) is 8.34. The molecular formula is C12H9NO3. The van der Waals surface area contributed by atoms with Gasteiger partial charge >= 0.3 is 5.97 Å². The molecule has 1 heterocycles. The minimum atomic E-state index is -0.498. The molecule has 0 aliphatic carbocycles. The van der Waals surface area contributed by atoms with Crippen molar-refractivity contribution < 1.29 is 9.53 Å². The number of pyridine rings is 1. The number of esters is 1. The lowest BCUT2D eigenvalue weighted by molar-refractivity contribution is 0.0727. The molecular weight excluding hydrogens is 206 g/mol. The Labute approximate surface area is 91.5 Å². The number of H-pyrrole nitrogens is 1. The molecule has 2 rings (SSSR count). The summed E-state index contributed by atoms with van der Waals surface area (Å²) in [5, 5.41) is 0. The number of carbonyl (C=O) groups excluding carboxylic acids is 1. The van der Waals surface area contributed by atoms with E-state index in [1.54, 1.807) is 30.3 Å². The monoisotopic (exact) mass is 215 g/mol. The summed E-state index contributed by atoms with van der Waals surface area (Å²) < 4.78 is 4.99. The molecule has 0 aliphatic rings. The van der Waals surface area contributed by atoms with Crippen molar-refractivity contribution in [3.8, 4) is 5.88 Å². The van der Waals surface area contributed by atoms with Crippen molar-refractivity contribution in [1.29, 1.82) is 0 Å². The summed E-state index contributed by atoms with van der Waals surface area (Å²) in [5.74, 6) is -0.358. The molecule has 1 aromatic carbocycles. The molecule has 0 radical (unpaired) electrons. The van der Waals surface area contributed by atoms with E-state index < -0.39 is 5.97 Å². The number of hydrogen-bond acceptors (Lipinski definition) is 3. The second-order valence-electron chi connectivity index (χ2n) is 3.14. The highest BCUT2D eigenvalue weighted by Gasteiger charge is 2.07. The van der Waals surface area contributed by atoms with Gasteiger partial charge in [0.15, 0.2) is 5.43 Å². The zero-order chi connectivity index (χ0) is 11.4.